The molecule has 0 spiro atoms. The Labute approximate surface area is 151 Å². The van der Waals surface area contributed by atoms with Crippen molar-refractivity contribution in [1.29, 1.82) is 0 Å². The van der Waals surface area contributed by atoms with Crippen LogP contribution in [0.1, 0.15) is 22.3 Å². The first-order chi connectivity index (χ1) is 10.7. The summed E-state index contributed by atoms with van der Waals surface area (Å²) in [5, 5.41) is 0. The summed E-state index contributed by atoms with van der Waals surface area (Å²) in [5.74, 6) is 2.39. The monoisotopic (exact) mass is 376 g/mol. The Morgan fingerprint density at radius 2 is 1.27 bits per heavy atom. The molecule has 1 nitrogen and oxygen atoms in total. The van der Waals surface area contributed by atoms with E-state index in [2.05, 4.69) is 0 Å². The lowest BCUT2D eigenvalue weighted by Crippen LogP contribution is -1.97. The van der Waals surface area contributed by atoms with Crippen LogP contribution in [0, 0.1) is 0 Å². The Bertz CT molecular complexity index is 633. The largest absolute Gasteiger partial charge is 0.496 e. The normalized spacial score (nSPS) is 10.8. The number of rotatable bonds is 6. The topological polar surface area (TPSA) is 9.23 Å². The first kappa shape index (κ1) is 17.7. The lowest BCUT2D eigenvalue weighted by molar-refractivity contribution is 0.413. The molecule has 118 valence electrons. The lowest BCUT2D eigenvalue weighted by atomic mass is 9.96. The maximum Gasteiger partial charge on any atom is 0.131 e. The predicted molar refractivity (Wildman–Crippen MR) is 96.7 cm³/mol. The van der Waals surface area contributed by atoms with Crippen LogP contribution >= 0.6 is 46.4 Å². The third-order valence-electron chi connectivity index (χ3n) is 3.40. The van der Waals surface area contributed by atoms with Crippen LogP contribution in [0.5, 0.6) is 5.75 Å². The molecule has 0 heterocycles. The van der Waals surface area contributed by atoms with Crippen LogP contribution in [0.15, 0.2) is 30.3 Å². The Morgan fingerprint density at radius 1 is 0.727 bits per heavy atom. The predicted octanol–water partition coefficient (Wildman–Crippen LogP) is 6.32. The highest BCUT2D eigenvalue weighted by atomic mass is 35.5. The fraction of sp³-hybridized carbons (Fsp3) is 0.294. The Morgan fingerprint density at radius 3 is 1.73 bits per heavy atom. The molecule has 22 heavy (non-hydrogen) atoms. The highest BCUT2D eigenvalue weighted by Crippen LogP contribution is 2.37. The first-order valence-corrected chi connectivity index (χ1v) is 8.87. The average molecular weight is 378 g/mol. The molecule has 0 aliphatic carbocycles. The SMILES string of the molecule is COc1c(CCl)cc(CCl)cc1-c1cc(CCl)cc(CCl)c1. The second kappa shape index (κ2) is 8.31. The van der Waals surface area contributed by atoms with Crippen molar-refractivity contribution in [3.05, 3.63) is 52.6 Å². The number of halogens is 4. The molecular weight excluding hydrogens is 362 g/mol. The van der Waals surface area contributed by atoms with Gasteiger partial charge in [0.05, 0.1) is 13.0 Å². The molecule has 2 aromatic carbocycles. The average Bonchev–Trinajstić information content (AvgIpc) is 2.59. The van der Waals surface area contributed by atoms with E-state index in [9.17, 15) is 0 Å². The van der Waals surface area contributed by atoms with E-state index in [-0.39, 0.29) is 0 Å². The second-order valence-electron chi connectivity index (χ2n) is 4.91. The first-order valence-electron chi connectivity index (χ1n) is 6.73. The van der Waals surface area contributed by atoms with Gasteiger partial charge in [0.1, 0.15) is 5.75 Å². The molecule has 0 aromatic heterocycles. The number of methoxy groups -OCH3 is 1. The molecule has 0 amide bonds. The molecular formula is C17H16Cl4O. The van der Waals surface area contributed by atoms with Crippen molar-refractivity contribution in [2.45, 2.75) is 23.5 Å². The van der Waals surface area contributed by atoms with Gasteiger partial charge in [-0.3, -0.25) is 0 Å². The van der Waals surface area contributed by atoms with Gasteiger partial charge in [-0.2, -0.15) is 0 Å². The van der Waals surface area contributed by atoms with Crippen molar-refractivity contribution in [2.75, 3.05) is 7.11 Å². The minimum absolute atomic E-state index is 0.360. The molecule has 0 saturated heterocycles. The van der Waals surface area contributed by atoms with Crippen molar-refractivity contribution in [3.8, 4) is 16.9 Å². The van der Waals surface area contributed by atoms with Gasteiger partial charge in [0.15, 0.2) is 0 Å². The summed E-state index contributed by atoms with van der Waals surface area (Å²) >= 11 is 24.0. The zero-order valence-electron chi connectivity index (χ0n) is 12.1. The zero-order chi connectivity index (χ0) is 16.1. The van der Waals surface area contributed by atoms with E-state index in [4.69, 9.17) is 51.1 Å². The quantitative estimate of drug-likeness (QED) is 0.535. The molecule has 2 rings (SSSR count). The maximum absolute atomic E-state index is 6.05. The molecule has 0 fully saturated rings. The van der Waals surface area contributed by atoms with Crippen LogP contribution in [-0.2, 0) is 23.5 Å². The van der Waals surface area contributed by atoms with E-state index < -0.39 is 0 Å². The maximum atomic E-state index is 6.05. The van der Waals surface area contributed by atoms with E-state index >= 15 is 0 Å². The molecule has 0 aliphatic rings. The van der Waals surface area contributed by atoms with Gasteiger partial charge in [-0.15, -0.1) is 46.4 Å². The summed E-state index contributed by atoms with van der Waals surface area (Å²) in [5.41, 5.74) is 5.90. The van der Waals surface area contributed by atoms with E-state index in [1.54, 1.807) is 7.11 Å². The van der Waals surface area contributed by atoms with Crippen molar-refractivity contribution in [2.24, 2.45) is 0 Å². The Hall–Kier alpha value is -0.600. The Balaban J connectivity index is 2.69. The third-order valence-corrected chi connectivity index (χ3v) is 4.61. The minimum atomic E-state index is 0.360. The van der Waals surface area contributed by atoms with Gasteiger partial charge in [-0.05, 0) is 46.5 Å². The molecule has 2 aromatic rings. The highest BCUT2D eigenvalue weighted by molar-refractivity contribution is 6.18. The van der Waals surface area contributed by atoms with Crippen LogP contribution in [0.25, 0.3) is 11.1 Å². The van der Waals surface area contributed by atoms with Gasteiger partial charge < -0.3 is 4.74 Å². The molecule has 0 bridgehead atoms. The third kappa shape index (κ3) is 3.83. The number of benzene rings is 2. The molecule has 0 atom stereocenters. The molecule has 0 N–H and O–H groups in total. The van der Waals surface area contributed by atoms with Crippen molar-refractivity contribution >= 4 is 46.4 Å². The van der Waals surface area contributed by atoms with E-state index in [1.807, 2.05) is 30.3 Å². The fourth-order valence-electron chi connectivity index (χ4n) is 2.46. The van der Waals surface area contributed by atoms with Crippen LogP contribution in [-0.4, -0.2) is 7.11 Å². The van der Waals surface area contributed by atoms with Gasteiger partial charge >= 0.3 is 0 Å². The second-order valence-corrected chi connectivity index (χ2v) is 5.98. The molecule has 0 unspecified atom stereocenters. The number of ether oxygens (including phenoxy) is 1. The standard InChI is InChI=1S/C17H16Cl4O/c1-22-17-15(10-21)5-13(9-20)6-16(17)14-3-11(7-18)2-12(4-14)8-19/h2-6H,7-10H2,1H3. The van der Waals surface area contributed by atoms with Crippen molar-refractivity contribution in [1.82, 2.24) is 0 Å². The summed E-state index contributed by atoms with van der Waals surface area (Å²) in [6.07, 6.45) is 0. The smallest absolute Gasteiger partial charge is 0.131 e. The summed E-state index contributed by atoms with van der Waals surface area (Å²) < 4.78 is 5.57. The van der Waals surface area contributed by atoms with Crippen molar-refractivity contribution < 1.29 is 4.74 Å². The van der Waals surface area contributed by atoms with Gasteiger partial charge in [0.25, 0.3) is 0 Å². The van der Waals surface area contributed by atoms with Crippen LogP contribution in [0.3, 0.4) is 0 Å². The molecule has 0 radical (unpaired) electrons. The highest BCUT2D eigenvalue weighted by Gasteiger charge is 2.14. The van der Waals surface area contributed by atoms with E-state index in [1.165, 1.54) is 0 Å². The molecule has 0 saturated carbocycles. The van der Waals surface area contributed by atoms with Gasteiger partial charge in [0.2, 0.25) is 0 Å². The Kier molecular flexibility index (Phi) is 6.70. The van der Waals surface area contributed by atoms with Crippen LogP contribution in [0.2, 0.25) is 0 Å². The van der Waals surface area contributed by atoms with Gasteiger partial charge in [-0.25, -0.2) is 0 Å². The van der Waals surface area contributed by atoms with Gasteiger partial charge in [0, 0.05) is 28.8 Å². The fourth-order valence-corrected chi connectivity index (χ4v) is 3.12. The van der Waals surface area contributed by atoms with Crippen LogP contribution < -0.4 is 4.74 Å². The zero-order valence-corrected chi connectivity index (χ0v) is 15.2. The molecule has 5 heteroatoms. The number of alkyl halides is 4. The van der Waals surface area contributed by atoms with E-state index in [0.717, 1.165) is 39.1 Å². The van der Waals surface area contributed by atoms with Crippen molar-refractivity contribution in [3.63, 3.8) is 0 Å². The molecule has 0 aliphatic heterocycles. The summed E-state index contributed by atoms with van der Waals surface area (Å²) in [4.78, 5) is 0. The lowest BCUT2D eigenvalue weighted by Gasteiger charge is -2.16. The summed E-state index contributed by atoms with van der Waals surface area (Å²) in [6.45, 7) is 0. The number of hydrogen-bond donors (Lipinski definition) is 0. The summed E-state index contributed by atoms with van der Waals surface area (Å²) in [6, 6.07) is 10.1. The number of hydrogen-bond acceptors (Lipinski definition) is 1. The van der Waals surface area contributed by atoms with E-state index in [0.29, 0.717) is 23.5 Å². The minimum Gasteiger partial charge on any atom is -0.496 e. The van der Waals surface area contributed by atoms with Gasteiger partial charge in [-0.1, -0.05) is 6.07 Å². The van der Waals surface area contributed by atoms with Crippen LogP contribution in [0.4, 0.5) is 0 Å². The summed E-state index contributed by atoms with van der Waals surface area (Å²) in [7, 11) is 1.64.